The summed E-state index contributed by atoms with van der Waals surface area (Å²) in [5.74, 6) is -0.701. The first kappa shape index (κ1) is 22.7. The molecule has 2 aromatic heterocycles. The summed E-state index contributed by atoms with van der Waals surface area (Å²) >= 11 is 5.78. The zero-order chi connectivity index (χ0) is 24.5. The molecule has 2 aromatic carbocycles. The van der Waals surface area contributed by atoms with Crippen molar-refractivity contribution in [3.8, 4) is 5.69 Å². The highest BCUT2D eigenvalue weighted by molar-refractivity contribution is 7.80. The fourth-order valence-corrected chi connectivity index (χ4v) is 4.88. The smallest absolute Gasteiger partial charge is 0.339 e. The molecule has 0 radical (unpaired) electrons. The van der Waals surface area contributed by atoms with E-state index in [0.29, 0.717) is 21.9 Å². The van der Waals surface area contributed by atoms with E-state index in [1.54, 1.807) is 37.4 Å². The third kappa shape index (κ3) is 4.06. The fourth-order valence-electron chi connectivity index (χ4n) is 4.53. The van der Waals surface area contributed by atoms with Gasteiger partial charge in [-0.05, 0) is 79.3 Å². The molecular weight excluding hydrogens is 463 g/mol. The van der Waals surface area contributed by atoms with Crippen molar-refractivity contribution in [2.75, 3.05) is 12.0 Å². The molecule has 0 amide bonds. The van der Waals surface area contributed by atoms with Gasteiger partial charge in [0.05, 0.1) is 30.1 Å². The number of para-hydroxylation sites is 1. The number of ether oxygens (including phenoxy) is 1. The molecule has 1 fully saturated rings. The SMILES string of the molecule is COC(=O)c1ccccc1-n1cccc1[C@@H]1[C@H](c2ccccn2)NC(=S)N1c1ccc(F)c(C)c1. The molecule has 0 bridgehead atoms. The van der Waals surface area contributed by atoms with Crippen molar-refractivity contribution in [1.29, 1.82) is 0 Å². The lowest BCUT2D eigenvalue weighted by molar-refractivity contribution is 0.0600. The molecule has 4 aromatic rings. The minimum Gasteiger partial charge on any atom is -0.465 e. The number of hydrogen-bond acceptors (Lipinski definition) is 4. The predicted octanol–water partition coefficient (Wildman–Crippen LogP) is 5.28. The number of methoxy groups -OCH3 is 1. The largest absolute Gasteiger partial charge is 0.465 e. The number of aromatic nitrogens is 2. The summed E-state index contributed by atoms with van der Waals surface area (Å²) in [7, 11) is 1.37. The van der Waals surface area contributed by atoms with Gasteiger partial charge in [-0.1, -0.05) is 18.2 Å². The Morgan fingerprint density at radius 1 is 1.09 bits per heavy atom. The van der Waals surface area contributed by atoms with Gasteiger partial charge in [0.1, 0.15) is 11.9 Å². The van der Waals surface area contributed by atoms with Crippen molar-refractivity contribution in [2.45, 2.75) is 19.0 Å². The van der Waals surface area contributed by atoms with E-state index < -0.39 is 5.97 Å². The molecule has 176 valence electrons. The molecule has 8 heteroatoms. The van der Waals surface area contributed by atoms with Gasteiger partial charge >= 0.3 is 5.97 Å². The van der Waals surface area contributed by atoms with E-state index in [0.717, 1.165) is 17.1 Å². The molecule has 2 atom stereocenters. The molecule has 0 aliphatic carbocycles. The molecule has 1 saturated heterocycles. The van der Waals surface area contributed by atoms with Gasteiger partial charge in [-0.25, -0.2) is 9.18 Å². The van der Waals surface area contributed by atoms with E-state index in [2.05, 4.69) is 10.3 Å². The Hall–Kier alpha value is -4.04. The maximum absolute atomic E-state index is 14.1. The van der Waals surface area contributed by atoms with Gasteiger partial charge in [0.2, 0.25) is 0 Å². The van der Waals surface area contributed by atoms with Crippen LogP contribution in [-0.2, 0) is 4.74 Å². The van der Waals surface area contributed by atoms with Crippen LogP contribution in [0.1, 0.15) is 39.4 Å². The zero-order valence-electron chi connectivity index (χ0n) is 19.2. The third-order valence-corrected chi connectivity index (χ3v) is 6.48. The maximum Gasteiger partial charge on any atom is 0.339 e. The molecule has 35 heavy (non-hydrogen) atoms. The number of hydrogen-bond donors (Lipinski definition) is 1. The average molecular weight is 487 g/mol. The van der Waals surface area contributed by atoms with Crippen LogP contribution in [0, 0.1) is 12.7 Å². The first-order valence-corrected chi connectivity index (χ1v) is 11.5. The second-order valence-corrected chi connectivity index (χ2v) is 8.63. The topological polar surface area (TPSA) is 59.4 Å². The number of rotatable bonds is 5. The highest BCUT2D eigenvalue weighted by Gasteiger charge is 2.42. The number of benzene rings is 2. The Bertz CT molecular complexity index is 1410. The first-order chi connectivity index (χ1) is 17.0. The Morgan fingerprint density at radius 2 is 1.89 bits per heavy atom. The molecule has 0 saturated carbocycles. The van der Waals surface area contributed by atoms with Gasteiger partial charge in [0.25, 0.3) is 0 Å². The van der Waals surface area contributed by atoms with Crippen molar-refractivity contribution >= 4 is 29.0 Å². The monoisotopic (exact) mass is 486 g/mol. The number of nitrogens with one attached hydrogen (secondary N) is 1. The van der Waals surface area contributed by atoms with Crippen LogP contribution in [0.4, 0.5) is 10.1 Å². The van der Waals surface area contributed by atoms with Gasteiger partial charge in [-0.3, -0.25) is 4.98 Å². The van der Waals surface area contributed by atoms with Crippen LogP contribution in [0.25, 0.3) is 5.69 Å². The summed E-state index contributed by atoms with van der Waals surface area (Å²) < 4.78 is 21.1. The van der Waals surface area contributed by atoms with E-state index in [-0.39, 0.29) is 17.9 Å². The molecule has 1 aliphatic rings. The molecule has 3 heterocycles. The van der Waals surface area contributed by atoms with Crippen LogP contribution in [0.2, 0.25) is 0 Å². The van der Waals surface area contributed by atoms with Crippen molar-refractivity contribution in [3.63, 3.8) is 0 Å². The lowest BCUT2D eigenvalue weighted by Crippen LogP contribution is -2.30. The van der Waals surface area contributed by atoms with E-state index in [1.807, 2.05) is 58.1 Å². The van der Waals surface area contributed by atoms with Gasteiger partial charge in [-0.15, -0.1) is 0 Å². The van der Waals surface area contributed by atoms with Crippen LogP contribution in [0.5, 0.6) is 0 Å². The Kier molecular flexibility index (Phi) is 6.05. The van der Waals surface area contributed by atoms with E-state index in [4.69, 9.17) is 17.0 Å². The van der Waals surface area contributed by atoms with Gasteiger partial charge in [0.15, 0.2) is 5.11 Å². The first-order valence-electron chi connectivity index (χ1n) is 11.1. The maximum atomic E-state index is 14.1. The van der Waals surface area contributed by atoms with Gasteiger partial charge < -0.3 is 19.5 Å². The third-order valence-electron chi connectivity index (χ3n) is 6.17. The summed E-state index contributed by atoms with van der Waals surface area (Å²) in [6, 6.07) is 21.3. The number of esters is 1. The second-order valence-electron chi connectivity index (χ2n) is 8.24. The highest BCUT2D eigenvalue weighted by atomic mass is 32.1. The minimum absolute atomic E-state index is 0.278. The number of halogens is 1. The summed E-state index contributed by atoms with van der Waals surface area (Å²) in [4.78, 5) is 19.1. The van der Waals surface area contributed by atoms with Gasteiger partial charge in [0, 0.05) is 23.8 Å². The normalized spacial score (nSPS) is 17.3. The summed E-state index contributed by atoms with van der Waals surface area (Å²) in [6.07, 6.45) is 3.65. The molecule has 5 rings (SSSR count). The molecule has 1 N–H and O–H groups in total. The lowest BCUT2D eigenvalue weighted by Gasteiger charge is -2.29. The van der Waals surface area contributed by atoms with E-state index >= 15 is 0 Å². The van der Waals surface area contributed by atoms with E-state index in [1.165, 1.54) is 13.2 Å². The van der Waals surface area contributed by atoms with Crippen molar-refractivity contribution in [3.05, 3.63) is 114 Å². The summed E-state index contributed by atoms with van der Waals surface area (Å²) in [5, 5.41) is 3.92. The summed E-state index contributed by atoms with van der Waals surface area (Å²) in [6.45, 7) is 1.73. The number of carbonyl (C=O) groups excluding carboxylic acids is 1. The Morgan fingerprint density at radius 3 is 2.63 bits per heavy atom. The molecule has 6 nitrogen and oxygen atoms in total. The average Bonchev–Trinajstić information content (AvgIpc) is 3.50. The fraction of sp³-hybridized carbons (Fsp3) is 0.148. The lowest BCUT2D eigenvalue weighted by atomic mass is 10.00. The molecule has 1 aliphatic heterocycles. The van der Waals surface area contributed by atoms with Crippen LogP contribution < -0.4 is 10.2 Å². The predicted molar refractivity (Wildman–Crippen MR) is 136 cm³/mol. The van der Waals surface area contributed by atoms with Crippen LogP contribution in [-0.4, -0.2) is 27.7 Å². The highest BCUT2D eigenvalue weighted by Crippen LogP contribution is 2.42. The Balaban J connectivity index is 1.70. The van der Waals surface area contributed by atoms with Crippen molar-refractivity contribution in [1.82, 2.24) is 14.9 Å². The van der Waals surface area contributed by atoms with Crippen LogP contribution >= 0.6 is 12.2 Å². The quantitative estimate of drug-likeness (QED) is 0.306. The standard InChI is InChI=1S/C27H23FN4O2S/c1-17-16-18(12-13-20(17)28)32-25(24(30-27(32)35)21-9-5-6-14-29-21)23-11-7-15-31(23)22-10-4-3-8-19(22)26(33)34-2/h3-16,24-25H,1-2H3,(H,30,35)/t24-,25+/m0/s1. The van der Waals surface area contributed by atoms with Crippen LogP contribution in [0.3, 0.4) is 0 Å². The number of carbonyl (C=O) groups is 1. The number of thiocarbonyl (C=S) groups is 1. The number of anilines is 1. The number of nitrogens with zero attached hydrogens (tertiary/aromatic N) is 3. The molecule has 0 unspecified atom stereocenters. The number of aryl methyl sites for hydroxylation is 1. The Labute approximate surface area is 208 Å². The zero-order valence-corrected chi connectivity index (χ0v) is 20.0. The van der Waals surface area contributed by atoms with E-state index in [9.17, 15) is 9.18 Å². The van der Waals surface area contributed by atoms with Crippen LogP contribution in [0.15, 0.2) is 85.2 Å². The van der Waals surface area contributed by atoms with Gasteiger partial charge in [-0.2, -0.15) is 0 Å². The van der Waals surface area contributed by atoms with Crippen molar-refractivity contribution in [2.24, 2.45) is 0 Å². The minimum atomic E-state index is -0.424. The molecule has 0 spiro atoms. The van der Waals surface area contributed by atoms with Crippen molar-refractivity contribution < 1.29 is 13.9 Å². The molecular formula is C27H23FN4O2S. The second kappa shape index (κ2) is 9.31. The number of pyridine rings is 1. The summed E-state index contributed by atoms with van der Waals surface area (Å²) in [5.41, 5.74) is 4.11.